The molecule has 1 aromatic rings. The largest absolute Gasteiger partial charge is 0.309 e. The van der Waals surface area contributed by atoms with E-state index < -0.39 is 0 Å². The lowest BCUT2D eigenvalue weighted by atomic mass is 9.87. The molecule has 3 atom stereocenters. The lowest BCUT2D eigenvalue weighted by molar-refractivity contribution is 0.469. The van der Waals surface area contributed by atoms with Gasteiger partial charge in [0.15, 0.2) is 0 Å². The van der Waals surface area contributed by atoms with Gasteiger partial charge in [0.05, 0.1) is 0 Å². The summed E-state index contributed by atoms with van der Waals surface area (Å²) in [5.41, 5.74) is 3.09. The molecule has 2 rings (SSSR count). The van der Waals surface area contributed by atoms with Crippen molar-refractivity contribution in [3.63, 3.8) is 0 Å². The molecule has 0 fully saturated rings. The zero-order valence-corrected chi connectivity index (χ0v) is 14.2. The minimum absolute atomic E-state index is 0.533. The van der Waals surface area contributed by atoms with Crippen LogP contribution in [0.2, 0.25) is 0 Å². The molecule has 20 heavy (non-hydrogen) atoms. The van der Waals surface area contributed by atoms with Crippen LogP contribution in [0.5, 0.6) is 0 Å². The molecule has 0 saturated heterocycles. The van der Waals surface area contributed by atoms with Gasteiger partial charge in [0.2, 0.25) is 0 Å². The third-order valence-corrected chi connectivity index (χ3v) is 6.23. The van der Waals surface area contributed by atoms with Crippen LogP contribution in [0.4, 0.5) is 0 Å². The zero-order valence-electron chi connectivity index (χ0n) is 13.4. The molecule has 0 spiro atoms. The van der Waals surface area contributed by atoms with E-state index in [9.17, 15) is 0 Å². The lowest BCUT2D eigenvalue weighted by Crippen LogP contribution is -2.36. The highest BCUT2D eigenvalue weighted by atomic mass is 32.2. The molecule has 0 bridgehead atoms. The Kier molecular flexibility index (Phi) is 5.98. The molecule has 0 aliphatic heterocycles. The van der Waals surface area contributed by atoms with Crippen LogP contribution in [-0.4, -0.2) is 17.0 Å². The maximum absolute atomic E-state index is 3.80. The highest BCUT2D eigenvalue weighted by Crippen LogP contribution is 2.39. The first-order valence-corrected chi connectivity index (χ1v) is 9.04. The second-order valence-electron chi connectivity index (χ2n) is 6.29. The van der Waals surface area contributed by atoms with Crippen molar-refractivity contribution in [1.82, 2.24) is 5.32 Å². The number of hydrogen-bond donors (Lipinski definition) is 1. The highest BCUT2D eigenvalue weighted by molar-refractivity contribution is 8.00. The lowest BCUT2D eigenvalue weighted by Gasteiger charge is -2.36. The van der Waals surface area contributed by atoms with Crippen molar-refractivity contribution in [1.29, 1.82) is 0 Å². The van der Waals surface area contributed by atoms with E-state index in [1.54, 1.807) is 11.1 Å². The van der Waals surface area contributed by atoms with E-state index in [1.807, 2.05) is 0 Å². The topological polar surface area (TPSA) is 12.0 Å². The first-order valence-electron chi connectivity index (χ1n) is 8.10. The standard InChI is InChI=1S/C18H29NS/c1-5-12-19-18-16-9-7-6-8-15(16)10-11-17(18)20-14(4)13(2)3/h6-9,13-14,17-19H,5,10-12H2,1-4H3. The molecule has 1 aliphatic rings. The van der Waals surface area contributed by atoms with Crippen LogP contribution in [-0.2, 0) is 6.42 Å². The third kappa shape index (κ3) is 3.79. The van der Waals surface area contributed by atoms with Gasteiger partial charge in [-0.15, -0.1) is 0 Å². The van der Waals surface area contributed by atoms with Gasteiger partial charge in [0.25, 0.3) is 0 Å². The van der Waals surface area contributed by atoms with Crippen LogP contribution in [0.1, 0.15) is 57.7 Å². The molecule has 2 heteroatoms. The molecule has 0 radical (unpaired) electrons. The minimum Gasteiger partial charge on any atom is -0.309 e. The smallest absolute Gasteiger partial charge is 0.0443 e. The van der Waals surface area contributed by atoms with Crippen molar-refractivity contribution in [3.8, 4) is 0 Å². The van der Waals surface area contributed by atoms with Crippen LogP contribution < -0.4 is 5.32 Å². The van der Waals surface area contributed by atoms with Gasteiger partial charge in [-0.3, -0.25) is 0 Å². The summed E-state index contributed by atoms with van der Waals surface area (Å²) in [6.07, 6.45) is 3.75. The van der Waals surface area contributed by atoms with E-state index in [4.69, 9.17) is 0 Å². The van der Waals surface area contributed by atoms with Gasteiger partial charge in [-0.05, 0) is 42.9 Å². The SMILES string of the molecule is CCCNC1c2ccccc2CCC1SC(C)C(C)C. The maximum atomic E-state index is 3.80. The molecule has 1 N–H and O–H groups in total. The quantitative estimate of drug-likeness (QED) is 0.806. The average molecular weight is 292 g/mol. The minimum atomic E-state index is 0.533. The molecule has 112 valence electrons. The summed E-state index contributed by atoms with van der Waals surface area (Å²) in [6.45, 7) is 10.4. The van der Waals surface area contributed by atoms with Crippen LogP contribution in [0.25, 0.3) is 0 Å². The van der Waals surface area contributed by atoms with E-state index in [0.29, 0.717) is 11.3 Å². The number of aryl methyl sites for hydroxylation is 1. The Morgan fingerprint density at radius 1 is 1.25 bits per heavy atom. The summed E-state index contributed by atoms with van der Waals surface area (Å²) in [4.78, 5) is 0. The monoisotopic (exact) mass is 291 g/mol. The fraction of sp³-hybridized carbons (Fsp3) is 0.667. The Balaban J connectivity index is 2.15. The third-order valence-electron chi connectivity index (χ3n) is 4.40. The summed E-state index contributed by atoms with van der Waals surface area (Å²) in [7, 11) is 0. The summed E-state index contributed by atoms with van der Waals surface area (Å²) in [5, 5.41) is 5.25. The number of fused-ring (bicyclic) bond motifs is 1. The molecule has 1 nitrogen and oxygen atoms in total. The van der Waals surface area contributed by atoms with E-state index in [1.165, 1.54) is 19.3 Å². The van der Waals surface area contributed by atoms with Crippen molar-refractivity contribution >= 4 is 11.8 Å². The van der Waals surface area contributed by atoms with E-state index in [2.05, 4.69) is 69.0 Å². The average Bonchev–Trinajstić information content (AvgIpc) is 2.45. The second-order valence-corrected chi connectivity index (χ2v) is 7.91. The molecule has 3 unspecified atom stereocenters. The van der Waals surface area contributed by atoms with Crippen LogP contribution in [0, 0.1) is 5.92 Å². The molecule has 1 aromatic carbocycles. The molecular formula is C18H29NS. The maximum Gasteiger partial charge on any atom is 0.0443 e. The Bertz CT molecular complexity index is 416. The van der Waals surface area contributed by atoms with Crippen molar-refractivity contribution in [2.45, 2.75) is 63.5 Å². The van der Waals surface area contributed by atoms with E-state index in [0.717, 1.165) is 17.7 Å². The second kappa shape index (κ2) is 7.51. The van der Waals surface area contributed by atoms with Crippen molar-refractivity contribution < 1.29 is 0 Å². The van der Waals surface area contributed by atoms with Gasteiger partial charge in [0.1, 0.15) is 0 Å². The number of thioether (sulfide) groups is 1. The molecule has 0 heterocycles. The molecule has 1 aliphatic carbocycles. The summed E-state index contributed by atoms with van der Waals surface area (Å²) >= 11 is 2.19. The van der Waals surface area contributed by atoms with Crippen LogP contribution >= 0.6 is 11.8 Å². The number of nitrogens with one attached hydrogen (secondary N) is 1. The Labute approximate surface area is 128 Å². The molecular weight excluding hydrogens is 262 g/mol. The Morgan fingerprint density at radius 2 is 2.00 bits per heavy atom. The predicted octanol–water partition coefficient (Wildman–Crippen LogP) is 4.82. The van der Waals surface area contributed by atoms with Crippen molar-refractivity contribution in [2.75, 3.05) is 6.54 Å². The van der Waals surface area contributed by atoms with Crippen molar-refractivity contribution in [2.24, 2.45) is 5.92 Å². The first-order chi connectivity index (χ1) is 9.63. The van der Waals surface area contributed by atoms with Gasteiger partial charge >= 0.3 is 0 Å². The fourth-order valence-electron chi connectivity index (χ4n) is 2.85. The normalized spacial score (nSPS) is 23.6. The summed E-state index contributed by atoms with van der Waals surface area (Å²) < 4.78 is 0. The van der Waals surface area contributed by atoms with Crippen molar-refractivity contribution in [3.05, 3.63) is 35.4 Å². The number of rotatable bonds is 6. The summed E-state index contributed by atoms with van der Waals surface area (Å²) in [5.74, 6) is 0.754. The fourth-order valence-corrected chi connectivity index (χ4v) is 4.37. The predicted molar refractivity (Wildman–Crippen MR) is 91.5 cm³/mol. The van der Waals surface area contributed by atoms with E-state index in [-0.39, 0.29) is 0 Å². The number of hydrogen-bond acceptors (Lipinski definition) is 2. The van der Waals surface area contributed by atoms with E-state index >= 15 is 0 Å². The van der Waals surface area contributed by atoms with Crippen LogP contribution in [0.3, 0.4) is 0 Å². The molecule has 0 saturated carbocycles. The van der Waals surface area contributed by atoms with Crippen LogP contribution in [0.15, 0.2) is 24.3 Å². The highest BCUT2D eigenvalue weighted by Gasteiger charge is 2.30. The number of benzene rings is 1. The molecule has 0 aromatic heterocycles. The van der Waals surface area contributed by atoms with Gasteiger partial charge in [-0.25, -0.2) is 0 Å². The summed E-state index contributed by atoms with van der Waals surface area (Å²) in [6, 6.07) is 9.54. The van der Waals surface area contributed by atoms with Gasteiger partial charge < -0.3 is 5.32 Å². The van der Waals surface area contributed by atoms with Gasteiger partial charge in [0, 0.05) is 16.5 Å². The Hall–Kier alpha value is -0.470. The van der Waals surface area contributed by atoms with Gasteiger partial charge in [-0.2, -0.15) is 11.8 Å². The molecule has 0 amide bonds. The first kappa shape index (κ1) is 15.9. The van der Waals surface area contributed by atoms with Gasteiger partial charge in [-0.1, -0.05) is 52.0 Å². The Morgan fingerprint density at radius 3 is 2.70 bits per heavy atom. The zero-order chi connectivity index (χ0) is 14.5.